The Morgan fingerprint density at radius 1 is 1.00 bits per heavy atom. The summed E-state index contributed by atoms with van der Waals surface area (Å²) in [5.74, 6) is -0.449. The number of H-pyrrole nitrogens is 1. The number of aliphatic imine (C=N–C) groups is 1. The number of fused-ring (bicyclic) bond motifs is 1. The van der Waals surface area contributed by atoms with Crippen molar-refractivity contribution in [3.05, 3.63) is 95.1 Å². The van der Waals surface area contributed by atoms with Crippen LogP contribution in [-0.4, -0.2) is 72.3 Å². The summed E-state index contributed by atoms with van der Waals surface area (Å²) in [6.07, 6.45) is 4.80. The van der Waals surface area contributed by atoms with Gasteiger partial charge in [0.15, 0.2) is 5.88 Å². The van der Waals surface area contributed by atoms with Crippen LogP contribution < -0.4 is 0 Å². The van der Waals surface area contributed by atoms with E-state index in [-0.39, 0.29) is 24.1 Å². The number of methoxy groups -OCH3 is 1. The van der Waals surface area contributed by atoms with E-state index in [9.17, 15) is 9.90 Å². The minimum atomic E-state index is -0.437. The largest absolute Gasteiger partial charge is 0.494 e. The molecular weight excluding hydrogens is 530 g/mol. The van der Waals surface area contributed by atoms with Crippen molar-refractivity contribution in [2.24, 2.45) is 4.99 Å². The number of hydrogen-bond donors (Lipinski definition) is 2. The minimum Gasteiger partial charge on any atom is -0.494 e. The lowest BCUT2D eigenvalue weighted by atomic mass is 9.98. The molecule has 3 heterocycles. The molecule has 4 aromatic rings. The molecule has 6 rings (SSSR count). The fourth-order valence-corrected chi connectivity index (χ4v) is 6.28. The van der Waals surface area contributed by atoms with Crippen LogP contribution in [0.2, 0.25) is 0 Å². The fourth-order valence-electron chi connectivity index (χ4n) is 6.28. The van der Waals surface area contributed by atoms with E-state index < -0.39 is 5.97 Å². The second-order valence-electron chi connectivity index (χ2n) is 11.1. The summed E-state index contributed by atoms with van der Waals surface area (Å²) in [5.41, 5.74) is 5.06. The average Bonchev–Trinajstić information content (AvgIpc) is 3.79. The molecule has 1 aromatic heterocycles. The lowest BCUT2D eigenvalue weighted by molar-refractivity contribution is -0.0432. The molecule has 8 nitrogen and oxygen atoms in total. The van der Waals surface area contributed by atoms with Crippen LogP contribution in [-0.2, 0) is 20.8 Å². The number of hydrogen-bond acceptors (Lipinski definition) is 7. The first-order valence-electron chi connectivity index (χ1n) is 14.6. The molecule has 2 unspecified atom stereocenters. The van der Waals surface area contributed by atoms with Crippen LogP contribution in [0.4, 0.5) is 5.69 Å². The summed E-state index contributed by atoms with van der Waals surface area (Å²) < 4.78 is 17.1. The van der Waals surface area contributed by atoms with E-state index >= 15 is 0 Å². The highest BCUT2D eigenvalue weighted by molar-refractivity contribution is 6.22. The van der Waals surface area contributed by atoms with Crippen LogP contribution in [0, 0.1) is 0 Å². The predicted octanol–water partition coefficient (Wildman–Crippen LogP) is 5.99. The zero-order valence-electron chi connectivity index (χ0n) is 24.1. The van der Waals surface area contributed by atoms with Crippen LogP contribution in [0.25, 0.3) is 10.9 Å². The lowest BCUT2D eigenvalue weighted by Crippen LogP contribution is -2.48. The summed E-state index contributed by atoms with van der Waals surface area (Å²) in [6.45, 7) is 2.44. The maximum atomic E-state index is 12.1. The number of rotatable bonds is 9. The van der Waals surface area contributed by atoms with Crippen molar-refractivity contribution in [2.75, 3.05) is 27.4 Å². The van der Waals surface area contributed by atoms with Crippen molar-refractivity contribution in [2.45, 2.75) is 50.5 Å². The lowest BCUT2D eigenvalue weighted by Gasteiger charge is -2.36. The summed E-state index contributed by atoms with van der Waals surface area (Å²) in [4.78, 5) is 22.5. The molecule has 218 valence electrons. The van der Waals surface area contributed by atoms with E-state index in [4.69, 9.17) is 19.2 Å². The zero-order chi connectivity index (χ0) is 29.1. The Bertz CT molecular complexity index is 1540. The molecule has 0 saturated carbocycles. The second kappa shape index (κ2) is 12.5. The highest BCUT2D eigenvalue weighted by Gasteiger charge is 2.37. The SMILES string of the molecule is COC(=O)c1ccc2c(C(=Nc3ccc(CN(C)C(C4CCCO4)C4CCCO4)cc3)c3ccccc3)c(O)[nH]c2c1. The number of esters is 1. The van der Waals surface area contributed by atoms with Gasteiger partial charge < -0.3 is 24.3 Å². The molecule has 2 aliphatic heterocycles. The van der Waals surface area contributed by atoms with Gasteiger partial charge in [-0.15, -0.1) is 0 Å². The van der Waals surface area contributed by atoms with E-state index in [0.717, 1.165) is 62.1 Å². The van der Waals surface area contributed by atoms with Gasteiger partial charge in [-0.05, 0) is 62.6 Å². The third-order valence-corrected chi connectivity index (χ3v) is 8.29. The van der Waals surface area contributed by atoms with Crippen molar-refractivity contribution in [3.8, 4) is 5.88 Å². The van der Waals surface area contributed by atoms with Crippen LogP contribution in [0.5, 0.6) is 5.88 Å². The van der Waals surface area contributed by atoms with Crippen LogP contribution in [0.15, 0.2) is 77.8 Å². The number of aromatic nitrogens is 1. The number of likely N-dealkylation sites (N-methyl/N-ethyl adjacent to an activating group) is 1. The van der Waals surface area contributed by atoms with Gasteiger partial charge in [-0.3, -0.25) is 4.90 Å². The monoisotopic (exact) mass is 567 g/mol. The quantitative estimate of drug-likeness (QED) is 0.191. The number of benzene rings is 3. The van der Waals surface area contributed by atoms with Crippen molar-refractivity contribution in [3.63, 3.8) is 0 Å². The molecular formula is C34H37N3O5. The third kappa shape index (κ3) is 5.83. The standard InChI is InChI=1S/C34H37N3O5/c1-37(32(28-10-6-18-41-28)29-11-7-19-42-29)21-22-12-15-25(16-13-22)35-31(23-8-4-3-5-9-23)30-26-17-14-24(34(39)40-2)20-27(26)36-33(30)38/h3-5,8-9,12-17,20,28-29,32,36,38H,6-7,10-11,18-19,21H2,1-2H3. The Balaban J connectivity index is 1.30. The Kier molecular flexibility index (Phi) is 8.37. The number of carbonyl (C=O) groups excluding carboxylic acids is 1. The van der Waals surface area contributed by atoms with Crippen LogP contribution in [0.3, 0.4) is 0 Å². The molecule has 2 aliphatic rings. The molecule has 2 saturated heterocycles. The molecule has 2 fully saturated rings. The molecule has 2 N–H and O–H groups in total. The number of carbonyl (C=O) groups is 1. The molecule has 0 aliphatic carbocycles. The minimum absolute atomic E-state index is 0.0119. The molecule has 42 heavy (non-hydrogen) atoms. The number of aromatic amines is 1. The van der Waals surface area contributed by atoms with Gasteiger partial charge in [-0.25, -0.2) is 9.79 Å². The van der Waals surface area contributed by atoms with E-state index in [1.807, 2.05) is 48.5 Å². The van der Waals surface area contributed by atoms with Gasteiger partial charge in [0, 0.05) is 36.2 Å². The van der Waals surface area contributed by atoms with E-state index in [0.29, 0.717) is 22.4 Å². The molecule has 0 radical (unpaired) electrons. The number of nitrogens with zero attached hydrogens (tertiary/aromatic N) is 2. The Morgan fingerprint density at radius 2 is 1.69 bits per heavy atom. The summed E-state index contributed by atoms with van der Waals surface area (Å²) >= 11 is 0. The maximum absolute atomic E-state index is 12.1. The maximum Gasteiger partial charge on any atom is 0.337 e. The normalized spacial score (nSPS) is 19.9. The molecule has 0 spiro atoms. The van der Waals surface area contributed by atoms with Crippen LogP contribution >= 0.6 is 0 Å². The van der Waals surface area contributed by atoms with E-state index in [2.05, 4.69) is 29.1 Å². The molecule has 2 atom stereocenters. The summed E-state index contributed by atoms with van der Waals surface area (Å²) in [5, 5.41) is 11.8. The van der Waals surface area contributed by atoms with Gasteiger partial charge in [0.05, 0.1) is 47.9 Å². The number of ether oxygens (including phenoxy) is 3. The van der Waals surface area contributed by atoms with Gasteiger partial charge >= 0.3 is 5.97 Å². The Labute approximate surface area is 245 Å². The Morgan fingerprint density at radius 3 is 2.31 bits per heavy atom. The average molecular weight is 568 g/mol. The van der Waals surface area contributed by atoms with Gasteiger partial charge in [-0.1, -0.05) is 48.5 Å². The van der Waals surface area contributed by atoms with Crippen molar-refractivity contribution >= 4 is 28.3 Å². The van der Waals surface area contributed by atoms with E-state index in [1.54, 1.807) is 12.1 Å². The molecule has 3 aromatic carbocycles. The predicted molar refractivity (Wildman–Crippen MR) is 163 cm³/mol. The summed E-state index contributed by atoms with van der Waals surface area (Å²) in [7, 11) is 3.51. The first kappa shape index (κ1) is 28.2. The first-order chi connectivity index (χ1) is 20.5. The van der Waals surface area contributed by atoms with Crippen molar-refractivity contribution in [1.82, 2.24) is 9.88 Å². The number of aromatic hydroxyl groups is 1. The fraction of sp³-hybridized carbons (Fsp3) is 0.353. The topological polar surface area (TPSA) is 96.4 Å². The smallest absolute Gasteiger partial charge is 0.337 e. The van der Waals surface area contributed by atoms with E-state index in [1.165, 1.54) is 12.7 Å². The highest BCUT2D eigenvalue weighted by atomic mass is 16.5. The van der Waals surface area contributed by atoms with Gasteiger partial charge in [0.1, 0.15) is 0 Å². The molecule has 0 bridgehead atoms. The molecule has 0 amide bonds. The summed E-state index contributed by atoms with van der Waals surface area (Å²) in [6, 6.07) is 23.5. The molecule has 8 heteroatoms. The highest BCUT2D eigenvalue weighted by Crippen LogP contribution is 2.33. The van der Waals surface area contributed by atoms with Gasteiger partial charge in [-0.2, -0.15) is 0 Å². The first-order valence-corrected chi connectivity index (χ1v) is 14.6. The van der Waals surface area contributed by atoms with Crippen LogP contribution in [0.1, 0.15) is 52.7 Å². The second-order valence-corrected chi connectivity index (χ2v) is 11.1. The number of nitrogens with one attached hydrogen (secondary N) is 1. The van der Waals surface area contributed by atoms with Crippen molar-refractivity contribution in [1.29, 1.82) is 0 Å². The zero-order valence-corrected chi connectivity index (χ0v) is 24.1. The van der Waals surface area contributed by atoms with Crippen molar-refractivity contribution < 1.29 is 24.1 Å². The van der Waals surface area contributed by atoms with Gasteiger partial charge in [0.25, 0.3) is 0 Å². The Hall–Kier alpha value is -3.98. The van der Waals surface area contributed by atoms with Gasteiger partial charge in [0.2, 0.25) is 0 Å². The third-order valence-electron chi connectivity index (χ3n) is 8.29.